The molecule has 0 aliphatic heterocycles. The zero-order valence-electron chi connectivity index (χ0n) is 3.92. The first-order valence-electron chi connectivity index (χ1n) is 1.49. The summed E-state index contributed by atoms with van der Waals surface area (Å²) in [6.07, 6.45) is 5.40. The van der Waals surface area contributed by atoms with Gasteiger partial charge in [-0.25, -0.2) is 12.2 Å². The van der Waals surface area contributed by atoms with E-state index >= 15 is 0 Å². The van der Waals surface area contributed by atoms with Crippen LogP contribution >= 0.6 is 0 Å². The summed E-state index contributed by atoms with van der Waals surface area (Å²) >= 11 is 0. The zero-order chi connectivity index (χ0) is 4.83. The molecule has 0 rings (SSSR count). The Balaban J connectivity index is 0. The van der Waals surface area contributed by atoms with Crippen molar-refractivity contribution >= 4 is 44.0 Å². The number of hydrogen-bond acceptors (Lipinski definition) is 1. The Morgan fingerprint density at radius 2 is 2.14 bits per heavy atom. The minimum atomic E-state index is 0. The van der Waals surface area contributed by atoms with Crippen LogP contribution in [0.5, 0.6) is 0 Å². The van der Waals surface area contributed by atoms with Gasteiger partial charge in [-0.3, -0.25) is 6.58 Å². The van der Waals surface area contributed by atoms with E-state index in [4.69, 9.17) is 6.58 Å². The van der Waals surface area contributed by atoms with E-state index < -0.39 is 0 Å². The second-order valence-electron chi connectivity index (χ2n) is 0.669. The van der Waals surface area contributed by atoms with Gasteiger partial charge in [0.25, 0.3) is 0 Å². The van der Waals surface area contributed by atoms with Crippen LogP contribution in [0.25, 0.3) is 0 Å². The maximum absolute atomic E-state index is 9.28. The molecule has 2 heteroatoms. The fourth-order valence-electron chi connectivity index (χ4n) is 0.0948. The normalized spacial score (nSPS) is 7.43. The van der Waals surface area contributed by atoms with E-state index in [9.17, 15) is 4.79 Å². The van der Waals surface area contributed by atoms with Crippen LogP contribution in [0.3, 0.4) is 0 Å². The van der Waals surface area contributed by atoms with Crippen LogP contribution in [0.1, 0.15) is 0 Å². The predicted molar refractivity (Wildman–Crippen MR) is 29.5 cm³/mol. The van der Waals surface area contributed by atoms with Crippen LogP contribution in [0.15, 0.2) is 18.2 Å². The molecule has 0 bridgehead atoms. The summed E-state index contributed by atoms with van der Waals surface area (Å²) in [5.41, 5.74) is 0. The third-order valence-electron chi connectivity index (χ3n) is 0.275. The summed E-state index contributed by atoms with van der Waals surface area (Å²) < 4.78 is 0. The van der Waals surface area contributed by atoms with Crippen molar-refractivity contribution in [2.24, 2.45) is 0 Å². The van der Waals surface area contributed by atoms with E-state index in [0.717, 1.165) is 0 Å². The first-order valence-corrected chi connectivity index (χ1v) is 1.49. The third-order valence-corrected chi connectivity index (χ3v) is 0.275. The summed E-state index contributed by atoms with van der Waals surface area (Å²) in [5.74, 6) is 0. The van der Waals surface area contributed by atoms with Crippen molar-refractivity contribution in [1.29, 1.82) is 0 Å². The Hall–Kier alpha value is 0.410. The molecule has 0 saturated carbocycles. The van der Waals surface area contributed by atoms with Gasteiger partial charge in [-0.15, -0.1) is 0 Å². The number of rotatable bonds is 2. The van der Waals surface area contributed by atoms with Gasteiger partial charge in [0.2, 0.25) is 0 Å². The molecule has 0 fully saturated rings. The van der Waals surface area contributed by atoms with Crippen molar-refractivity contribution in [2.45, 2.75) is 0 Å². The summed E-state index contributed by atoms with van der Waals surface area (Å²) in [5, 5.41) is 0. The van der Waals surface area contributed by atoms with Crippen molar-refractivity contribution in [3.8, 4) is 0 Å². The van der Waals surface area contributed by atoms with E-state index in [1.54, 1.807) is 0 Å². The molecular weight excluding hydrogens is 116 g/mol. The second kappa shape index (κ2) is 9.65. The Kier molecular flexibility index (Phi) is 14.3. The van der Waals surface area contributed by atoms with Crippen molar-refractivity contribution in [3.05, 3.63) is 24.8 Å². The van der Waals surface area contributed by atoms with Gasteiger partial charge in [0.05, 0.1) is 0 Å². The van der Waals surface area contributed by atoms with Gasteiger partial charge in [0.15, 0.2) is 0 Å². The average molecular weight is 120 g/mol. The van der Waals surface area contributed by atoms with Crippen LogP contribution in [-0.2, 0) is 4.79 Å². The Morgan fingerprint density at radius 1 is 1.57 bits per heavy atom. The smallest absolute Gasteiger partial charge is 0.419 e. The van der Waals surface area contributed by atoms with Crippen molar-refractivity contribution < 1.29 is 4.79 Å². The molecule has 0 aliphatic carbocycles. The molecule has 0 radical (unpaired) electrons. The second-order valence-corrected chi connectivity index (χ2v) is 0.669. The van der Waals surface area contributed by atoms with Crippen molar-refractivity contribution in [3.63, 3.8) is 0 Å². The molecule has 1 nitrogen and oxygen atoms in total. The van der Waals surface area contributed by atoms with Gasteiger partial charge in [0.1, 0.15) is 0 Å². The first kappa shape index (κ1) is 10.4. The van der Waals surface area contributed by atoms with Gasteiger partial charge >= 0.3 is 37.7 Å². The monoisotopic (exact) mass is 120 g/mol. The molecule has 0 unspecified atom stereocenters. The summed E-state index contributed by atoms with van der Waals surface area (Å²) in [6, 6.07) is 0. The topological polar surface area (TPSA) is 17.1 Å². The molecular formula is C5H4CaO. The largest absolute Gasteiger partial charge is 2.00 e. The predicted octanol–water partition coefficient (Wildman–Crippen LogP) is 0.261. The molecule has 0 heterocycles. The number of allylic oxidation sites excluding steroid dienone is 3. The quantitative estimate of drug-likeness (QED) is 0.221. The summed E-state index contributed by atoms with van der Waals surface area (Å²) in [7, 11) is 0. The number of carbonyl (C=O) groups excluding carboxylic acids is 1. The maximum Gasteiger partial charge on any atom is 2.00 e. The minimum absolute atomic E-state index is 0. The van der Waals surface area contributed by atoms with E-state index in [2.05, 4.69) is 0 Å². The zero-order valence-corrected chi connectivity index (χ0v) is 6.13. The van der Waals surface area contributed by atoms with Gasteiger partial charge in [-0.2, -0.15) is 6.08 Å². The molecule has 0 aromatic heterocycles. The maximum atomic E-state index is 9.28. The molecule has 0 aromatic rings. The van der Waals surface area contributed by atoms with Crippen molar-refractivity contribution in [1.82, 2.24) is 0 Å². The van der Waals surface area contributed by atoms with Crippen LogP contribution in [0.4, 0.5) is 0 Å². The van der Waals surface area contributed by atoms with Crippen LogP contribution in [-0.4, -0.2) is 44.0 Å². The van der Waals surface area contributed by atoms with E-state index in [-0.39, 0.29) is 37.7 Å². The van der Waals surface area contributed by atoms with Gasteiger partial charge in [0, 0.05) is 0 Å². The van der Waals surface area contributed by atoms with Crippen LogP contribution in [0, 0.1) is 6.58 Å². The average Bonchev–Trinajstić information content (AvgIpc) is 1.61. The van der Waals surface area contributed by atoms with Crippen LogP contribution in [0.2, 0.25) is 0 Å². The molecule has 0 aliphatic rings. The summed E-state index contributed by atoms with van der Waals surface area (Å²) in [4.78, 5) is 9.28. The van der Waals surface area contributed by atoms with E-state index in [0.29, 0.717) is 0 Å². The van der Waals surface area contributed by atoms with E-state index in [1.807, 2.05) is 0 Å². The Bertz CT molecular complexity index is 66.1. The van der Waals surface area contributed by atoms with Crippen molar-refractivity contribution in [2.75, 3.05) is 0 Å². The Morgan fingerprint density at radius 3 is 2.29 bits per heavy atom. The molecule has 0 atom stereocenters. The number of hydrogen-bond donors (Lipinski definition) is 0. The third kappa shape index (κ3) is 10.7. The standard InChI is InChI=1S/C5H4O.Ca/c1-2-3-4-5-6;/h1-4H;/q-2;+2/b4-3-;. The molecule has 0 amide bonds. The van der Waals surface area contributed by atoms with Gasteiger partial charge in [-0.1, -0.05) is 0 Å². The van der Waals surface area contributed by atoms with Gasteiger partial charge in [-0.05, 0) is 6.29 Å². The fourth-order valence-corrected chi connectivity index (χ4v) is 0.0948. The Labute approximate surface area is 73.1 Å². The van der Waals surface area contributed by atoms with Gasteiger partial charge < -0.3 is 4.79 Å². The van der Waals surface area contributed by atoms with E-state index in [1.165, 1.54) is 24.5 Å². The fraction of sp³-hybridized carbons (Fsp3) is 0. The SMILES string of the molecule is [CH-]=C/C=C\[C-]=O.[Ca+2]. The molecule has 7 heavy (non-hydrogen) atoms. The molecule has 0 saturated heterocycles. The first-order chi connectivity index (χ1) is 2.91. The molecule has 32 valence electrons. The molecule has 0 aromatic carbocycles. The summed E-state index contributed by atoms with van der Waals surface area (Å²) in [6.45, 7) is 4.82. The molecule has 0 spiro atoms. The molecule has 0 N–H and O–H groups in total. The van der Waals surface area contributed by atoms with Crippen LogP contribution < -0.4 is 0 Å². The minimum Gasteiger partial charge on any atom is -0.419 e.